The van der Waals surface area contributed by atoms with Crippen LogP contribution in [-0.4, -0.2) is 44.9 Å². The molecule has 0 aliphatic carbocycles. The molecule has 1 fully saturated rings. The lowest BCUT2D eigenvalue weighted by Gasteiger charge is -2.16. The van der Waals surface area contributed by atoms with Gasteiger partial charge in [-0.3, -0.25) is 4.79 Å². The summed E-state index contributed by atoms with van der Waals surface area (Å²) in [6.45, 7) is 1.38. The van der Waals surface area contributed by atoms with Crippen molar-refractivity contribution in [3.8, 4) is 11.8 Å². The molecule has 3 aromatic rings. The Hall–Kier alpha value is -3.80. The number of fused-ring (bicyclic) bond motifs is 1. The van der Waals surface area contributed by atoms with E-state index in [0.29, 0.717) is 48.7 Å². The minimum absolute atomic E-state index is 0.159. The van der Waals surface area contributed by atoms with Crippen LogP contribution in [0.5, 0.6) is 0 Å². The number of amides is 1. The van der Waals surface area contributed by atoms with Crippen LogP contribution in [0.2, 0.25) is 0 Å². The van der Waals surface area contributed by atoms with E-state index in [1.165, 1.54) is 6.20 Å². The summed E-state index contributed by atoms with van der Waals surface area (Å²) in [5.74, 6) is 0.581. The van der Waals surface area contributed by atoms with Gasteiger partial charge in [-0.05, 0) is 30.7 Å². The first-order valence-electron chi connectivity index (χ1n) is 9.24. The highest BCUT2D eigenvalue weighted by Crippen LogP contribution is 2.28. The molecule has 0 unspecified atom stereocenters. The summed E-state index contributed by atoms with van der Waals surface area (Å²) in [7, 11) is 0. The topological polar surface area (TPSA) is 90.9 Å². The van der Waals surface area contributed by atoms with Gasteiger partial charge in [0.15, 0.2) is 0 Å². The summed E-state index contributed by atoms with van der Waals surface area (Å²) < 4.78 is 15.0. The predicted octanol–water partition coefficient (Wildman–Crippen LogP) is 2.24. The molecule has 5 rings (SSSR count). The molecule has 29 heavy (non-hydrogen) atoms. The fraction of sp³-hybridized carbons (Fsp3) is 0.250. The van der Waals surface area contributed by atoms with Gasteiger partial charge in [-0.15, -0.1) is 0 Å². The van der Waals surface area contributed by atoms with Crippen LogP contribution >= 0.6 is 0 Å². The molecule has 0 spiro atoms. The Morgan fingerprint density at radius 2 is 1.97 bits per heavy atom. The lowest BCUT2D eigenvalue weighted by molar-refractivity contribution is 0.0996. The summed E-state index contributed by atoms with van der Waals surface area (Å²) in [5.41, 5.74) is 2.86. The number of hydrogen-bond donors (Lipinski definition) is 0. The van der Waals surface area contributed by atoms with E-state index in [4.69, 9.17) is 5.26 Å². The van der Waals surface area contributed by atoms with E-state index in [2.05, 4.69) is 15.1 Å². The standard InChI is InChI=1S/C20H16FN7O/c21-13-5-6-26(10-13)19-4-3-16(9-24-19)28-11-17-18(25-28)12-27(20(17)29)15-2-1-14(7-22)23-8-15/h1-4,8-9,11,13H,5-6,10,12H2/t13-/m0/s1. The van der Waals surface area contributed by atoms with Crippen LogP contribution in [0, 0.1) is 11.3 Å². The molecule has 5 heterocycles. The van der Waals surface area contributed by atoms with Crippen LogP contribution in [0.25, 0.3) is 5.69 Å². The number of carbonyl (C=O) groups is 1. The van der Waals surface area contributed by atoms with Crippen molar-refractivity contribution in [2.75, 3.05) is 22.9 Å². The Bertz CT molecular complexity index is 1120. The first-order chi connectivity index (χ1) is 14.1. The quantitative estimate of drug-likeness (QED) is 0.682. The normalized spacial score (nSPS) is 18.2. The molecular weight excluding hydrogens is 373 g/mol. The highest BCUT2D eigenvalue weighted by atomic mass is 19.1. The lowest BCUT2D eigenvalue weighted by Crippen LogP contribution is -2.24. The first-order valence-corrected chi connectivity index (χ1v) is 9.24. The smallest absolute Gasteiger partial charge is 0.262 e. The number of nitriles is 1. The summed E-state index contributed by atoms with van der Waals surface area (Å²) >= 11 is 0. The average Bonchev–Trinajstić information content (AvgIpc) is 3.45. The second-order valence-corrected chi connectivity index (χ2v) is 7.05. The molecule has 8 nitrogen and oxygen atoms in total. The summed E-state index contributed by atoms with van der Waals surface area (Å²) in [4.78, 5) is 24.7. The van der Waals surface area contributed by atoms with Crippen LogP contribution in [0.4, 0.5) is 15.9 Å². The SMILES string of the molecule is N#Cc1ccc(N2Cc3nn(-c4ccc(N5CC[C@H](F)C5)nc4)cc3C2=O)cn1. The molecule has 2 aliphatic rings. The van der Waals surface area contributed by atoms with E-state index in [1.807, 2.05) is 23.1 Å². The van der Waals surface area contributed by atoms with Crippen LogP contribution in [-0.2, 0) is 6.54 Å². The second-order valence-electron chi connectivity index (χ2n) is 7.05. The fourth-order valence-electron chi connectivity index (χ4n) is 3.65. The van der Waals surface area contributed by atoms with Crippen molar-refractivity contribution < 1.29 is 9.18 Å². The molecule has 1 saturated heterocycles. The van der Waals surface area contributed by atoms with Crippen LogP contribution in [0.15, 0.2) is 42.9 Å². The molecule has 3 aromatic heterocycles. The minimum atomic E-state index is -0.800. The monoisotopic (exact) mass is 389 g/mol. The third kappa shape index (κ3) is 2.99. The Morgan fingerprint density at radius 3 is 2.59 bits per heavy atom. The van der Waals surface area contributed by atoms with E-state index in [9.17, 15) is 9.18 Å². The number of pyridine rings is 2. The van der Waals surface area contributed by atoms with Gasteiger partial charge >= 0.3 is 0 Å². The largest absolute Gasteiger partial charge is 0.354 e. The fourth-order valence-corrected chi connectivity index (χ4v) is 3.65. The van der Waals surface area contributed by atoms with Crippen LogP contribution < -0.4 is 9.80 Å². The Labute approximate surface area is 165 Å². The molecule has 0 N–H and O–H groups in total. The van der Waals surface area contributed by atoms with Gasteiger partial charge in [-0.25, -0.2) is 19.0 Å². The molecule has 0 radical (unpaired) electrons. The van der Waals surface area contributed by atoms with Gasteiger partial charge in [0, 0.05) is 12.7 Å². The summed E-state index contributed by atoms with van der Waals surface area (Å²) in [6.07, 6.45) is 4.61. The number of alkyl halides is 1. The summed E-state index contributed by atoms with van der Waals surface area (Å²) in [6, 6.07) is 8.95. The van der Waals surface area contributed by atoms with Gasteiger partial charge in [-0.1, -0.05) is 0 Å². The zero-order valence-electron chi connectivity index (χ0n) is 15.4. The van der Waals surface area contributed by atoms with Gasteiger partial charge in [-0.2, -0.15) is 10.4 Å². The van der Waals surface area contributed by atoms with Gasteiger partial charge in [0.25, 0.3) is 5.91 Å². The van der Waals surface area contributed by atoms with E-state index in [1.54, 1.807) is 34.1 Å². The molecule has 0 saturated carbocycles. The number of anilines is 2. The zero-order chi connectivity index (χ0) is 20.0. The van der Waals surface area contributed by atoms with Gasteiger partial charge in [0.2, 0.25) is 0 Å². The van der Waals surface area contributed by atoms with Gasteiger partial charge in [0.1, 0.15) is 23.8 Å². The van der Waals surface area contributed by atoms with E-state index < -0.39 is 6.17 Å². The van der Waals surface area contributed by atoms with E-state index in [0.717, 1.165) is 11.5 Å². The van der Waals surface area contributed by atoms with Crippen molar-refractivity contribution >= 4 is 17.4 Å². The van der Waals surface area contributed by atoms with Crippen molar-refractivity contribution in [1.29, 1.82) is 5.26 Å². The molecule has 0 bridgehead atoms. The molecule has 1 atom stereocenters. The second kappa shape index (κ2) is 6.67. The molecule has 144 valence electrons. The van der Waals surface area contributed by atoms with Crippen molar-refractivity contribution in [2.45, 2.75) is 19.1 Å². The van der Waals surface area contributed by atoms with Crippen molar-refractivity contribution in [2.24, 2.45) is 0 Å². The van der Waals surface area contributed by atoms with E-state index in [-0.39, 0.29) is 5.91 Å². The highest BCUT2D eigenvalue weighted by molar-refractivity contribution is 6.09. The first kappa shape index (κ1) is 17.3. The molecule has 2 aliphatic heterocycles. The highest BCUT2D eigenvalue weighted by Gasteiger charge is 2.32. The molecular formula is C20H16FN7O. The third-order valence-electron chi connectivity index (χ3n) is 5.20. The van der Waals surface area contributed by atoms with Crippen molar-refractivity contribution in [3.63, 3.8) is 0 Å². The Morgan fingerprint density at radius 1 is 1.14 bits per heavy atom. The number of rotatable bonds is 3. The van der Waals surface area contributed by atoms with Crippen molar-refractivity contribution in [3.05, 3.63) is 59.8 Å². The number of hydrogen-bond acceptors (Lipinski definition) is 6. The van der Waals surface area contributed by atoms with Gasteiger partial charge < -0.3 is 9.80 Å². The number of halogens is 1. The Kier molecular flexibility index (Phi) is 3.98. The van der Waals surface area contributed by atoms with Gasteiger partial charge in [0.05, 0.1) is 48.1 Å². The lowest BCUT2D eigenvalue weighted by atomic mass is 10.3. The van der Waals surface area contributed by atoms with Crippen LogP contribution in [0.3, 0.4) is 0 Å². The number of nitrogens with zero attached hydrogens (tertiary/aromatic N) is 7. The summed E-state index contributed by atoms with van der Waals surface area (Å²) in [5, 5.41) is 13.4. The van der Waals surface area contributed by atoms with Crippen LogP contribution in [0.1, 0.15) is 28.2 Å². The molecule has 0 aromatic carbocycles. The average molecular weight is 389 g/mol. The third-order valence-corrected chi connectivity index (χ3v) is 5.20. The van der Waals surface area contributed by atoms with E-state index >= 15 is 0 Å². The predicted molar refractivity (Wildman–Crippen MR) is 103 cm³/mol. The molecule has 9 heteroatoms. The zero-order valence-corrected chi connectivity index (χ0v) is 15.4. The maximum absolute atomic E-state index is 13.4. The minimum Gasteiger partial charge on any atom is -0.354 e. The molecule has 1 amide bonds. The number of carbonyl (C=O) groups excluding carboxylic acids is 1. The Balaban J connectivity index is 1.35. The maximum Gasteiger partial charge on any atom is 0.262 e. The maximum atomic E-state index is 13.4. The van der Waals surface area contributed by atoms with Crippen molar-refractivity contribution in [1.82, 2.24) is 19.7 Å². The number of aromatic nitrogens is 4.